The standard InChI is InChI=1S/C10H11BrFNS/c11-9-2-1-7(5-10(9)12)13-8-3-4-14-6-8/h1-2,5,8,13H,3-4,6H2/t8-/m1/s1. The minimum Gasteiger partial charge on any atom is -0.381 e. The maximum Gasteiger partial charge on any atom is 0.139 e. The van der Waals surface area contributed by atoms with Crippen LogP contribution in [0, 0.1) is 5.82 Å². The number of rotatable bonds is 2. The fourth-order valence-electron chi connectivity index (χ4n) is 1.47. The predicted octanol–water partition coefficient (Wildman–Crippen LogP) is 3.51. The summed E-state index contributed by atoms with van der Waals surface area (Å²) in [6, 6.07) is 5.67. The molecule has 1 fully saturated rings. The van der Waals surface area contributed by atoms with Crippen molar-refractivity contribution in [3.05, 3.63) is 28.5 Å². The fraction of sp³-hybridized carbons (Fsp3) is 0.400. The molecule has 0 unspecified atom stereocenters. The van der Waals surface area contributed by atoms with Gasteiger partial charge in [0.05, 0.1) is 4.47 Å². The number of benzene rings is 1. The first-order valence-corrected chi connectivity index (χ1v) is 6.50. The van der Waals surface area contributed by atoms with Crippen LogP contribution >= 0.6 is 27.7 Å². The molecule has 4 heteroatoms. The van der Waals surface area contributed by atoms with Crippen molar-refractivity contribution >= 4 is 33.4 Å². The van der Waals surface area contributed by atoms with Crippen LogP contribution in [0.2, 0.25) is 0 Å². The van der Waals surface area contributed by atoms with Gasteiger partial charge in [-0.3, -0.25) is 0 Å². The quantitative estimate of drug-likeness (QED) is 0.887. The molecule has 0 saturated carbocycles. The van der Waals surface area contributed by atoms with Crippen LogP contribution in [-0.2, 0) is 0 Å². The molecule has 0 aromatic heterocycles. The van der Waals surface area contributed by atoms with Gasteiger partial charge in [-0.25, -0.2) is 4.39 Å². The maximum atomic E-state index is 13.2. The van der Waals surface area contributed by atoms with Gasteiger partial charge in [-0.2, -0.15) is 11.8 Å². The zero-order valence-corrected chi connectivity index (χ0v) is 10.00. The van der Waals surface area contributed by atoms with E-state index >= 15 is 0 Å². The van der Waals surface area contributed by atoms with Gasteiger partial charge in [0, 0.05) is 17.5 Å². The molecule has 1 N–H and O–H groups in total. The lowest BCUT2D eigenvalue weighted by Crippen LogP contribution is -2.17. The molecular weight excluding hydrogens is 265 g/mol. The molecule has 1 atom stereocenters. The molecule has 1 aliphatic heterocycles. The van der Waals surface area contributed by atoms with E-state index < -0.39 is 0 Å². The third kappa shape index (κ3) is 2.42. The van der Waals surface area contributed by atoms with Gasteiger partial charge in [-0.15, -0.1) is 0 Å². The van der Waals surface area contributed by atoms with Gasteiger partial charge < -0.3 is 5.32 Å². The lowest BCUT2D eigenvalue weighted by atomic mass is 10.2. The highest BCUT2D eigenvalue weighted by Crippen LogP contribution is 2.24. The molecule has 1 heterocycles. The summed E-state index contributed by atoms with van der Waals surface area (Å²) in [7, 11) is 0. The maximum absolute atomic E-state index is 13.2. The zero-order valence-electron chi connectivity index (χ0n) is 7.59. The molecule has 14 heavy (non-hydrogen) atoms. The van der Waals surface area contributed by atoms with Crippen LogP contribution in [0.1, 0.15) is 6.42 Å². The van der Waals surface area contributed by atoms with Crippen molar-refractivity contribution in [2.24, 2.45) is 0 Å². The van der Waals surface area contributed by atoms with Crippen LogP contribution in [-0.4, -0.2) is 17.5 Å². The topological polar surface area (TPSA) is 12.0 Å². The van der Waals surface area contributed by atoms with Gasteiger partial charge in [0.25, 0.3) is 0 Å². The molecule has 2 rings (SSSR count). The largest absolute Gasteiger partial charge is 0.381 e. The fourth-order valence-corrected chi connectivity index (χ4v) is 2.87. The smallest absolute Gasteiger partial charge is 0.139 e. The van der Waals surface area contributed by atoms with Crippen molar-refractivity contribution in [2.45, 2.75) is 12.5 Å². The van der Waals surface area contributed by atoms with E-state index in [2.05, 4.69) is 21.2 Å². The summed E-state index contributed by atoms with van der Waals surface area (Å²) in [6.07, 6.45) is 1.17. The van der Waals surface area contributed by atoms with Gasteiger partial charge in [0.1, 0.15) is 5.82 Å². The molecule has 0 amide bonds. The highest BCUT2D eigenvalue weighted by molar-refractivity contribution is 9.10. The van der Waals surface area contributed by atoms with E-state index in [9.17, 15) is 4.39 Å². The van der Waals surface area contributed by atoms with Crippen LogP contribution in [0.3, 0.4) is 0 Å². The van der Waals surface area contributed by atoms with Crippen molar-refractivity contribution in [3.63, 3.8) is 0 Å². The molecule has 76 valence electrons. The van der Waals surface area contributed by atoms with Gasteiger partial charge in [0.15, 0.2) is 0 Å². The molecule has 0 radical (unpaired) electrons. The number of halogens is 2. The van der Waals surface area contributed by atoms with Crippen molar-refractivity contribution < 1.29 is 4.39 Å². The molecule has 1 nitrogen and oxygen atoms in total. The van der Waals surface area contributed by atoms with Gasteiger partial charge in [0.2, 0.25) is 0 Å². The Bertz CT molecular complexity index is 326. The molecule has 1 aromatic rings. The molecular formula is C10H11BrFNS. The van der Waals surface area contributed by atoms with E-state index in [1.165, 1.54) is 18.2 Å². The molecule has 0 aliphatic carbocycles. The predicted molar refractivity (Wildman–Crippen MR) is 63.5 cm³/mol. The van der Waals surface area contributed by atoms with E-state index in [4.69, 9.17) is 0 Å². The van der Waals surface area contributed by atoms with E-state index in [1.807, 2.05) is 17.8 Å². The Morgan fingerprint density at radius 1 is 1.50 bits per heavy atom. The normalized spacial score (nSPS) is 21.1. The van der Waals surface area contributed by atoms with Crippen LogP contribution in [0.15, 0.2) is 22.7 Å². The molecule has 1 saturated heterocycles. The Balaban J connectivity index is 2.05. The second kappa shape index (κ2) is 4.53. The van der Waals surface area contributed by atoms with Crippen LogP contribution in [0.25, 0.3) is 0 Å². The number of thioether (sulfide) groups is 1. The first-order chi connectivity index (χ1) is 6.75. The van der Waals surface area contributed by atoms with Crippen LogP contribution in [0.4, 0.5) is 10.1 Å². The van der Waals surface area contributed by atoms with E-state index in [-0.39, 0.29) is 5.82 Å². The summed E-state index contributed by atoms with van der Waals surface area (Å²) >= 11 is 5.08. The minimum absolute atomic E-state index is 0.208. The number of anilines is 1. The van der Waals surface area contributed by atoms with E-state index in [0.717, 1.165) is 11.4 Å². The highest BCUT2D eigenvalue weighted by atomic mass is 79.9. The summed E-state index contributed by atoms with van der Waals surface area (Å²) in [5.41, 5.74) is 0.873. The third-order valence-electron chi connectivity index (χ3n) is 2.22. The Morgan fingerprint density at radius 2 is 2.36 bits per heavy atom. The van der Waals surface area contributed by atoms with Gasteiger partial charge in [-0.1, -0.05) is 0 Å². The number of hydrogen-bond acceptors (Lipinski definition) is 2. The third-order valence-corrected chi connectivity index (χ3v) is 4.03. The summed E-state index contributed by atoms with van der Waals surface area (Å²) in [5, 5.41) is 3.33. The van der Waals surface area contributed by atoms with Crippen molar-refractivity contribution in [3.8, 4) is 0 Å². The minimum atomic E-state index is -0.208. The molecule has 1 aromatic carbocycles. The lowest BCUT2D eigenvalue weighted by Gasteiger charge is -2.12. The Kier molecular flexibility index (Phi) is 3.34. The van der Waals surface area contributed by atoms with E-state index in [1.54, 1.807) is 6.07 Å². The zero-order chi connectivity index (χ0) is 9.97. The molecule has 1 aliphatic rings. The highest BCUT2D eigenvalue weighted by Gasteiger charge is 2.15. The average Bonchev–Trinajstić information content (AvgIpc) is 2.64. The summed E-state index contributed by atoms with van der Waals surface area (Å²) in [5.74, 6) is 2.12. The monoisotopic (exact) mass is 275 g/mol. The lowest BCUT2D eigenvalue weighted by molar-refractivity contribution is 0.621. The first-order valence-electron chi connectivity index (χ1n) is 4.55. The first kappa shape index (κ1) is 10.3. The number of nitrogens with one attached hydrogen (secondary N) is 1. The average molecular weight is 276 g/mol. The van der Waals surface area contributed by atoms with Gasteiger partial charge in [-0.05, 0) is 46.3 Å². The second-order valence-electron chi connectivity index (χ2n) is 3.33. The van der Waals surface area contributed by atoms with Gasteiger partial charge >= 0.3 is 0 Å². The van der Waals surface area contributed by atoms with E-state index in [0.29, 0.717) is 10.5 Å². The van der Waals surface area contributed by atoms with Crippen molar-refractivity contribution in [1.82, 2.24) is 0 Å². The molecule has 0 spiro atoms. The number of hydrogen-bond donors (Lipinski definition) is 1. The molecule has 0 bridgehead atoms. The Hall–Kier alpha value is -0.220. The summed E-state index contributed by atoms with van der Waals surface area (Å²) in [6.45, 7) is 0. The summed E-state index contributed by atoms with van der Waals surface area (Å²) in [4.78, 5) is 0. The SMILES string of the molecule is Fc1cc(N[C@@H]2CCSC2)ccc1Br. The Labute approximate surface area is 95.6 Å². The van der Waals surface area contributed by atoms with Crippen molar-refractivity contribution in [2.75, 3.05) is 16.8 Å². The second-order valence-corrected chi connectivity index (χ2v) is 5.34. The summed E-state index contributed by atoms with van der Waals surface area (Å²) < 4.78 is 13.7. The van der Waals surface area contributed by atoms with Crippen LogP contribution < -0.4 is 5.32 Å². The van der Waals surface area contributed by atoms with Crippen LogP contribution in [0.5, 0.6) is 0 Å². The Morgan fingerprint density at radius 3 is 3.00 bits per heavy atom. The van der Waals surface area contributed by atoms with Crippen molar-refractivity contribution in [1.29, 1.82) is 0 Å².